The van der Waals surface area contributed by atoms with Crippen LogP contribution in [0.5, 0.6) is 0 Å². The van der Waals surface area contributed by atoms with Gasteiger partial charge in [0.05, 0.1) is 19.3 Å². The fourth-order valence-electron chi connectivity index (χ4n) is 2.91. The first-order chi connectivity index (χ1) is 9.34. The van der Waals surface area contributed by atoms with Crippen molar-refractivity contribution >= 4 is 5.91 Å². The smallest absolute Gasteiger partial charge is 0.240 e. The van der Waals surface area contributed by atoms with E-state index < -0.39 is 0 Å². The van der Waals surface area contributed by atoms with E-state index in [0.717, 1.165) is 25.8 Å². The van der Waals surface area contributed by atoms with Gasteiger partial charge in [0.2, 0.25) is 5.91 Å². The summed E-state index contributed by atoms with van der Waals surface area (Å²) >= 11 is 0. The maximum absolute atomic E-state index is 12.2. The highest BCUT2D eigenvalue weighted by atomic mass is 16.5. The van der Waals surface area contributed by atoms with Gasteiger partial charge < -0.3 is 15.4 Å². The van der Waals surface area contributed by atoms with E-state index in [1.165, 1.54) is 11.1 Å². The van der Waals surface area contributed by atoms with Gasteiger partial charge in [0.1, 0.15) is 6.04 Å². The van der Waals surface area contributed by atoms with Crippen molar-refractivity contribution in [3.05, 3.63) is 35.4 Å². The molecule has 1 aliphatic carbocycles. The number of nitrogens with one attached hydrogen (secondary N) is 2. The first-order valence-corrected chi connectivity index (χ1v) is 7.04. The summed E-state index contributed by atoms with van der Waals surface area (Å²) in [6, 6.07) is 8.36. The Bertz CT molecular complexity index is 455. The molecule has 0 spiro atoms. The zero-order valence-corrected chi connectivity index (χ0v) is 11.0. The molecule has 0 saturated carbocycles. The summed E-state index contributed by atoms with van der Waals surface area (Å²) in [5.74, 6) is 0.0569. The van der Waals surface area contributed by atoms with Crippen molar-refractivity contribution in [1.82, 2.24) is 10.6 Å². The van der Waals surface area contributed by atoms with Crippen LogP contribution in [0.2, 0.25) is 0 Å². The van der Waals surface area contributed by atoms with Crippen LogP contribution in [0, 0.1) is 0 Å². The molecule has 0 bridgehead atoms. The molecule has 1 aromatic carbocycles. The fraction of sp³-hybridized carbons (Fsp3) is 0.533. The van der Waals surface area contributed by atoms with Crippen LogP contribution in [0.15, 0.2) is 24.3 Å². The summed E-state index contributed by atoms with van der Waals surface area (Å²) in [4.78, 5) is 12.2. The molecule has 102 valence electrons. The zero-order valence-electron chi connectivity index (χ0n) is 11.0. The molecule has 19 heavy (non-hydrogen) atoms. The van der Waals surface area contributed by atoms with E-state index in [4.69, 9.17) is 4.74 Å². The number of hydrogen-bond donors (Lipinski definition) is 2. The van der Waals surface area contributed by atoms with Gasteiger partial charge in [0, 0.05) is 6.54 Å². The monoisotopic (exact) mass is 260 g/mol. The molecule has 1 aliphatic heterocycles. The Hall–Kier alpha value is -1.39. The first-order valence-electron chi connectivity index (χ1n) is 7.04. The number of hydrogen-bond acceptors (Lipinski definition) is 3. The Morgan fingerprint density at radius 2 is 2.26 bits per heavy atom. The minimum atomic E-state index is -0.206. The van der Waals surface area contributed by atoms with Gasteiger partial charge in [-0.25, -0.2) is 0 Å². The molecule has 1 aromatic rings. The van der Waals surface area contributed by atoms with E-state index in [0.29, 0.717) is 13.2 Å². The summed E-state index contributed by atoms with van der Waals surface area (Å²) in [6.45, 7) is 1.91. The Kier molecular flexibility index (Phi) is 3.80. The average Bonchev–Trinajstić information content (AvgIpc) is 2.48. The summed E-state index contributed by atoms with van der Waals surface area (Å²) < 4.78 is 5.34. The SMILES string of the molecule is O=C(NC1CCCc2ccccc21)C1COCCN1. The minimum Gasteiger partial charge on any atom is -0.378 e. The molecule has 1 fully saturated rings. The van der Waals surface area contributed by atoms with Crippen molar-refractivity contribution in [2.75, 3.05) is 19.8 Å². The van der Waals surface area contributed by atoms with Gasteiger partial charge in [-0.3, -0.25) is 4.79 Å². The number of carbonyl (C=O) groups excluding carboxylic acids is 1. The predicted molar refractivity (Wildman–Crippen MR) is 72.9 cm³/mol. The average molecular weight is 260 g/mol. The Morgan fingerprint density at radius 3 is 3.11 bits per heavy atom. The molecule has 4 nitrogen and oxygen atoms in total. The highest BCUT2D eigenvalue weighted by Crippen LogP contribution is 2.29. The van der Waals surface area contributed by atoms with Gasteiger partial charge in [0.15, 0.2) is 0 Å². The highest BCUT2D eigenvalue weighted by molar-refractivity contribution is 5.82. The van der Waals surface area contributed by atoms with E-state index in [2.05, 4.69) is 28.8 Å². The van der Waals surface area contributed by atoms with Gasteiger partial charge in [-0.15, -0.1) is 0 Å². The van der Waals surface area contributed by atoms with E-state index >= 15 is 0 Å². The molecule has 2 unspecified atom stereocenters. The molecule has 2 aliphatic rings. The Balaban J connectivity index is 1.68. The van der Waals surface area contributed by atoms with E-state index in [9.17, 15) is 4.79 Å². The standard InChI is InChI=1S/C15H20N2O2/c18-15(14-10-19-9-8-16-14)17-13-7-3-5-11-4-1-2-6-12(11)13/h1-2,4,6,13-14,16H,3,5,7-10H2,(H,17,18). The van der Waals surface area contributed by atoms with E-state index in [-0.39, 0.29) is 18.0 Å². The van der Waals surface area contributed by atoms with Crippen LogP contribution in [0.4, 0.5) is 0 Å². The van der Waals surface area contributed by atoms with Crippen molar-refractivity contribution in [3.63, 3.8) is 0 Å². The number of morpholine rings is 1. The van der Waals surface area contributed by atoms with Gasteiger partial charge >= 0.3 is 0 Å². The third kappa shape index (κ3) is 2.80. The second-order valence-electron chi connectivity index (χ2n) is 5.23. The topological polar surface area (TPSA) is 50.4 Å². The van der Waals surface area contributed by atoms with Gasteiger partial charge in [-0.2, -0.15) is 0 Å². The molecule has 2 atom stereocenters. The summed E-state index contributed by atoms with van der Waals surface area (Å²) in [5, 5.41) is 6.36. The van der Waals surface area contributed by atoms with Crippen molar-refractivity contribution in [3.8, 4) is 0 Å². The summed E-state index contributed by atoms with van der Waals surface area (Å²) in [7, 11) is 0. The van der Waals surface area contributed by atoms with Crippen molar-refractivity contribution in [1.29, 1.82) is 0 Å². The predicted octanol–water partition coefficient (Wildman–Crippen LogP) is 1.17. The van der Waals surface area contributed by atoms with Crippen LogP contribution < -0.4 is 10.6 Å². The van der Waals surface area contributed by atoms with Crippen LogP contribution >= 0.6 is 0 Å². The lowest BCUT2D eigenvalue weighted by Crippen LogP contribution is -2.52. The molecule has 2 N–H and O–H groups in total. The molecule has 1 heterocycles. The van der Waals surface area contributed by atoms with Crippen molar-refractivity contribution in [2.24, 2.45) is 0 Å². The van der Waals surface area contributed by atoms with Gasteiger partial charge in [-0.05, 0) is 30.4 Å². The van der Waals surface area contributed by atoms with Crippen LogP contribution in [0.3, 0.4) is 0 Å². The van der Waals surface area contributed by atoms with Crippen molar-refractivity contribution < 1.29 is 9.53 Å². The third-order valence-corrected chi connectivity index (χ3v) is 3.92. The van der Waals surface area contributed by atoms with Crippen LogP contribution in [-0.4, -0.2) is 31.7 Å². The van der Waals surface area contributed by atoms with Crippen LogP contribution in [0.25, 0.3) is 0 Å². The molecule has 1 amide bonds. The van der Waals surface area contributed by atoms with Crippen molar-refractivity contribution in [2.45, 2.75) is 31.3 Å². The quantitative estimate of drug-likeness (QED) is 0.839. The molecule has 0 radical (unpaired) electrons. The highest BCUT2D eigenvalue weighted by Gasteiger charge is 2.26. The molecule has 4 heteroatoms. The largest absolute Gasteiger partial charge is 0.378 e. The summed E-state index contributed by atoms with van der Waals surface area (Å²) in [6.07, 6.45) is 3.28. The van der Waals surface area contributed by atoms with Gasteiger partial charge in [-0.1, -0.05) is 24.3 Å². The van der Waals surface area contributed by atoms with Gasteiger partial charge in [0.25, 0.3) is 0 Å². The van der Waals surface area contributed by atoms with Crippen LogP contribution in [0.1, 0.15) is 30.0 Å². The number of carbonyl (C=O) groups is 1. The number of benzene rings is 1. The lowest BCUT2D eigenvalue weighted by atomic mass is 9.87. The fourth-order valence-corrected chi connectivity index (χ4v) is 2.91. The summed E-state index contributed by atoms with van der Waals surface area (Å²) in [5.41, 5.74) is 2.64. The van der Waals surface area contributed by atoms with E-state index in [1.54, 1.807) is 0 Å². The first kappa shape index (κ1) is 12.6. The van der Waals surface area contributed by atoms with Crippen LogP contribution in [-0.2, 0) is 16.0 Å². The maximum Gasteiger partial charge on any atom is 0.240 e. The second kappa shape index (κ2) is 5.72. The molecular formula is C15H20N2O2. The molecule has 3 rings (SSSR count). The third-order valence-electron chi connectivity index (χ3n) is 3.92. The number of aryl methyl sites for hydroxylation is 1. The lowest BCUT2D eigenvalue weighted by Gasteiger charge is -2.29. The Morgan fingerprint density at radius 1 is 1.37 bits per heavy atom. The number of amides is 1. The number of rotatable bonds is 2. The normalized spacial score (nSPS) is 26.5. The second-order valence-corrected chi connectivity index (χ2v) is 5.23. The minimum absolute atomic E-state index is 0.0569. The Labute approximate surface area is 113 Å². The number of fused-ring (bicyclic) bond motifs is 1. The molecular weight excluding hydrogens is 240 g/mol. The van der Waals surface area contributed by atoms with E-state index in [1.807, 2.05) is 6.07 Å². The molecule has 1 saturated heterocycles. The lowest BCUT2D eigenvalue weighted by molar-refractivity contribution is -0.126. The molecule has 0 aromatic heterocycles. The number of ether oxygens (including phenoxy) is 1. The zero-order chi connectivity index (χ0) is 13.1. The maximum atomic E-state index is 12.2.